The lowest BCUT2D eigenvalue weighted by Gasteiger charge is -2.14. The molecule has 0 radical (unpaired) electrons. The number of carbonyl (C=O) groups is 2. The summed E-state index contributed by atoms with van der Waals surface area (Å²) in [4.78, 5) is 25.6. The van der Waals surface area contributed by atoms with Crippen LogP contribution in [0.4, 0.5) is 16.2 Å². The van der Waals surface area contributed by atoms with Gasteiger partial charge in [0.15, 0.2) is 0 Å². The van der Waals surface area contributed by atoms with Gasteiger partial charge in [0, 0.05) is 12.7 Å². The predicted molar refractivity (Wildman–Crippen MR) is 56.4 cm³/mol. The first-order valence-corrected chi connectivity index (χ1v) is 4.53. The van der Waals surface area contributed by atoms with Gasteiger partial charge in [0.05, 0.1) is 5.69 Å². The van der Waals surface area contributed by atoms with E-state index < -0.39 is 0 Å². The molecule has 1 aliphatic heterocycles. The molecule has 0 atom stereocenters. The molecule has 5 heteroatoms. The van der Waals surface area contributed by atoms with Crippen molar-refractivity contribution in [2.24, 2.45) is 0 Å². The van der Waals surface area contributed by atoms with Crippen LogP contribution in [0.5, 0.6) is 0 Å². The maximum atomic E-state index is 11.6. The van der Waals surface area contributed by atoms with Crippen LogP contribution in [0, 0.1) is 0 Å². The summed E-state index contributed by atoms with van der Waals surface area (Å²) in [7, 11) is 1.59. The standard InChI is InChI=1S/C10H11N3O2/c1-12-6-9(14)13(10(12)15)8-4-2-3-7(11)5-8/h2-5H,6,11H2,1H3. The van der Waals surface area contributed by atoms with Gasteiger partial charge >= 0.3 is 6.03 Å². The van der Waals surface area contributed by atoms with Gasteiger partial charge in [-0.05, 0) is 18.2 Å². The highest BCUT2D eigenvalue weighted by molar-refractivity contribution is 6.19. The van der Waals surface area contributed by atoms with Gasteiger partial charge in [-0.3, -0.25) is 4.79 Å². The Labute approximate surface area is 87.1 Å². The second-order valence-corrected chi connectivity index (χ2v) is 3.46. The van der Waals surface area contributed by atoms with Gasteiger partial charge in [0.25, 0.3) is 5.91 Å². The van der Waals surface area contributed by atoms with Gasteiger partial charge < -0.3 is 10.6 Å². The van der Waals surface area contributed by atoms with Gasteiger partial charge in [-0.15, -0.1) is 0 Å². The van der Waals surface area contributed by atoms with Gasteiger partial charge in [-0.1, -0.05) is 6.07 Å². The van der Waals surface area contributed by atoms with E-state index >= 15 is 0 Å². The fraction of sp³-hybridized carbons (Fsp3) is 0.200. The first kappa shape index (κ1) is 9.51. The highest BCUT2D eigenvalue weighted by Gasteiger charge is 2.34. The van der Waals surface area contributed by atoms with Crippen molar-refractivity contribution in [3.8, 4) is 0 Å². The summed E-state index contributed by atoms with van der Waals surface area (Å²) in [5, 5.41) is 0. The molecule has 0 spiro atoms. The minimum Gasteiger partial charge on any atom is -0.399 e. The van der Waals surface area contributed by atoms with E-state index in [2.05, 4.69) is 0 Å². The molecule has 1 fully saturated rings. The number of nitrogens with two attached hydrogens (primary N) is 1. The molecule has 3 amide bonds. The molecule has 78 valence electrons. The smallest absolute Gasteiger partial charge is 0.331 e. The van der Waals surface area contributed by atoms with Gasteiger partial charge in [-0.2, -0.15) is 0 Å². The van der Waals surface area contributed by atoms with E-state index in [1.54, 1.807) is 31.3 Å². The average Bonchev–Trinajstić information content (AvgIpc) is 2.41. The lowest BCUT2D eigenvalue weighted by molar-refractivity contribution is -0.116. The summed E-state index contributed by atoms with van der Waals surface area (Å²) in [6.45, 7) is 0.119. The number of benzene rings is 1. The number of urea groups is 1. The van der Waals surface area contributed by atoms with Crippen LogP contribution >= 0.6 is 0 Å². The van der Waals surface area contributed by atoms with E-state index in [1.165, 1.54) is 4.90 Å². The molecule has 2 rings (SSSR count). The molecule has 1 aromatic carbocycles. The lowest BCUT2D eigenvalue weighted by Crippen LogP contribution is -2.31. The predicted octanol–water partition coefficient (Wildman–Crippen LogP) is 0.667. The first-order valence-electron chi connectivity index (χ1n) is 4.53. The van der Waals surface area contributed by atoms with Crippen molar-refractivity contribution in [2.45, 2.75) is 0 Å². The molecule has 1 aromatic rings. The van der Waals surface area contributed by atoms with Gasteiger partial charge in [-0.25, -0.2) is 9.69 Å². The van der Waals surface area contributed by atoms with Crippen LogP contribution in [0.25, 0.3) is 0 Å². The zero-order chi connectivity index (χ0) is 11.0. The molecule has 1 saturated heterocycles. The monoisotopic (exact) mass is 205 g/mol. The van der Waals surface area contributed by atoms with Crippen molar-refractivity contribution < 1.29 is 9.59 Å². The van der Waals surface area contributed by atoms with Crippen molar-refractivity contribution in [1.29, 1.82) is 0 Å². The molecule has 1 aliphatic rings. The summed E-state index contributed by atoms with van der Waals surface area (Å²) >= 11 is 0. The van der Waals surface area contributed by atoms with Crippen LogP contribution in [-0.4, -0.2) is 30.4 Å². The van der Waals surface area contributed by atoms with Crippen molar-refractivity contribution in [1.82, 2.24) is 4.90 Å². The zero-order valence-electron chi connectivity index (χ0n) is 8.30. The Morgan fingerprint density at radius 2 is 2.07 bits per heavy atom. The van der Waals surface area contributed by atoms with Crippen molar-refractivity contribution in [3.63, 3.8) is 0 Å². The largest absolute Gasteiger partial charge is 0.399 e. The number of hydrogen-bond donors (Lipinski definition) is 1. The van der Waals surface area contributed by atoms with Crippen molar-refractivity contribution in [3.05, 3.63) is 24.3 Å². The molecule has 0 unspecified atom stereocenters. The number of carbonyl (C=O) groups excluding carboxylic acids is 2. The maximum Gasteiger partial charge on any atom is 0.331 e. The van der Waals surface area contributed by atoms with E-state index in [-0.39, 0.29) is 18.5 Å². The fourth-order valence-corrected chi connectivity index (χ4v) is 1.54. The minimum absolute atomic E-state index is 0.119. The number of imide groups is 1. The quantitative estimate of drug-likeness (QED) is 0.541. The van der Waals surface area contributed by atoms with Gasteiger partial charge in [0.2, 0.25) is 0 Å². The number of rotatable bonds is 1. The third-order valence-electron chi connectivity index (χ3n) is 2.27. The SMILES string of the molecule is CN1CC(=O)N(c2cccc(N)c2)C1=O. The number of anilines is 2. The van der Waals surface area contributed by atoms with E-state index in [0.717, 1.165) is 4.90 Å². The Balaban J connectivity index is 2.39. The number of amides is 3. The second-order valence-electron chi connectivity index (χ2n) is 3.46. The Bertz CT molecular complexity index is 430. The Morgan fingerprint density at radius 1 is 1.33 bits per heavy atom. The molecule has 0 saturated carbocycles. The third-order valence-corrected chi connectivity index (χ3v) is 2.27. The molecule has 0 bridgehead atoms. The molecular weight excluding hydrogens is 194 g/mol. The molecular formula is C10H11N3O2. The average molecular weight is 205 g/mol. The summed E-state index contributed by atoms with van der Waals surface area (Å²) in [6, 6.07) is 6.40. The highest BCUT2D eigenvalue weighted by atomic mass is 16.2. The second kappa shape index (κ2) is 3.27. The summed E-state index contributed by atoms with van der Waals surface area (Å²) in [6.07, 6.45) is 0. The zero-order valence-corrected chi connectivity index (χ0v) is 8.30. The highest BCUT2D eigenvalue weighted by Crippen LogP contribution is 2.22. The maximum absolute atomic E-state index is 11.6. The van der Waals surface area contributed by atoms with Crippen LogP contribution in [0.1, 0.15) is 0 Å². The molecule has 1 heterocycles. The molecule has 0 aliphatic carbocycles. The van der Waals surface area contributed by atoms with Crippen LogP contribution in [0.3, 0.4) is 0 Å². The van der Waals surface area contributed by atoms with Crippen LogP contribution in [-0.2, 0) is 4.79 Å². The van der Waals surface area contributed by atoms with E-state index in [1.807, 2.05) is 0 Å². The lowest BCUT2D eigenvalue weighted by atomic mass is 10.2. The summed E-state index contributed by atoms with van der Waals surface area (Å²) in [5.41, 5.74) is 6.64. The molecule has 2 N–H and O–H groups in total. The third kappa shape index (κ3) is 1.52. The normalized spacial score (nSPS) is 16.3. The van der Waals surface area contributed by atoms with E-state index in [0.29, 0.717) is 11.4 Å². The van der Waals surface area contributed by atoms with Crippen LogP contribution in [0.2, 0.25) is 0 Å². The molecule has 15 heavy (non-hydrogen) atoms. The Kier molecular flexibility index (Phi) is 2.07. The summed E-state index contributed by atoms with van der Waals surface area (Å²) < 4.78 is 0. The molecule has 0 aromatic heterocycles. The van der Waals surface area contributed by atoms with Crippen LogP contribution in [0.15, 0.2) is 24.3 Å². The topological polar surface area (TPSA) is 66.6 Å². The fourth-order valence-electron chi connectivity index (χ4n) is 1.54. The van der Waals surface area contributed by atoms with E-state index in [9.17, 15) is 9.59 Å². The Morgan fingerprint density at radius 3 is 2.60 bits per heavy atom. The van der Waals surface area contributed by atoms with Gasteiger partial charge in [0.1, 0.15) is 6.54 Å². The number of nitrogens with zero attached hydrogens (tertiary/aromatic N) is 2. The Hall–Kier alpha value is -2.04. The number of nitrogen functional groups attached to an aromatic ring is 1. The molecule has 5 nitrogen and oxygen atoms in total. The summed E-state index contributed by atoms with van der Waals surface area (Å²) in [5.74, 6) is -0.229. The minimum atomic E-state index is -0.314. The van der Waals surface area contributed by atoms with Crippen molar-refractivity contribution >= 4 is 23.3 Å². The van der Waals surface area contributed by atoms with E-state index in [4.69, 9.17) is 5.73 Å². The van der Waals surface area contributed by atoms with Crippen LogP contribution < -0.4 is 10.6 Å². The number of likely N-dealkylation sites (N-methyl/N-ethyl adjacent to an activating group) is 1. The van der Waals surface area contributed by atoms with Crippen molar-refractivity contribution in [2.75, 3.05) is 24.2 Å². The number of hydrogen-bond acceptors (Lipinski definition) is 3. The first-order chi connectivity index (χ1) is 7.09.